The molecule has 0 aromatic heterocycles. The van der Waals surface area contributed by atoms with Crippen molar-refractivity contribution in [1.82, 2.24) is 0 Å². The fraction of sp³-hybridized carbons (Fsp3) is 0.143. The minimum Gasteiger partial charge on any atom is -1.00 e. The van der Waals surface area contributed by atoms with E-state index in [2.05, 4.69) is 11.3 Å². The topological polar surface area (TPSA) is 63.6 Å². The third-order valence-corrected chi connectivity index (χ3v) is 0.705. The van der Waals surface area contributed by atoms with Crippen LogP contribution >= 0.6 is 0 Å². The van der Waals surface area contributed by atoms with E-state index in [4.69, 9.17) is 5.11 Å². The predicted molar refractivity (Wildman–Crippen MR) is 45.9 cm³/mol. The molecular formula is C7H10CaO4. The SMILES string of the molecule is C=CCOC(=O)/C=C/C(=O)O.[Ca+2].[H-].[H-]. The van der Waals surface area contributed by atoms with Crippen LogP contribution in [0.3, 0.4) is 0 Å². The molecule has 0 bridgehead atoms. The van der Waals surface area contributed by atoms with Crippen molar-refractivity contribution in [2.24, 2.45) is 0 Å². The minimum atomic E-state index is -1.18. The Kier molecular flexibility index (Phi) is 10.4. The Hall–Kier alpha value is -0.320. The number of ether oxygens (including phenoxy) is 1. The molecule has 4 nitrogen and oxygen atoms in total. The molecule has 0 aromatic rings. The summed E-state index contributed by atoms with van der Waals surface area (Å²) in [6.07, 6.45) is 2.95. The predicted octanol–water partition coefficient (Wildman–Crippen LogP) is 0.201. The number of hydrogen-bond donors (Lipinski definition) is 1. The number of hydrogen-bond acceptors (Lipinski definition) is 3. The van der Waals surface area contributed by atoms with Crippen molar-refractivity contribution in [1.29, 1.82) is 0 Å². The zero-order valence-electron chi connectivity index (χ0n) is 8.53. The summed E-state index contributed by atoms with van der Waals surface area (Å²) in [5, 5.41) is 8.07. The van der Waals surface area contributed by atoms with Crippen LogP contribution in [-0.2, 0) is 14.3 Å². The van der Waals surface area contributed by atoms with Crippen LogP contribution in [0, 0.1) is 0 Å². The van der Waals surface area contributed by atoms with Crippen LogP contribution in [0.1, 0.15) is 2.85 Å². The Balaban J connectivity index is -0.000000167. The Morgan fingerprint density at radius 1 is 1.50 bits per heavy atom. The van der Waals surface area contributed by atoms with E-state index in [-0.39, 0.29) is 47.2 Å². The molecular weight excluding hydrogens is 188 g/mol. The minimum absolute atomic E-state index is 0. The van der Waals surface area contributed by atoms with E-state index in [0.29, 0.717) is 6.08 Å². The molecule has 0 radical (unpaired) electrons. The first-order valence-electron chi connectivity index (χ1n) is 2.85. The summed E-state index contributed by atoms with van der Waals surface area (Å²) in [4.78, 5) is 20.3. The maximum Gasteiger partial charge on any atom is 2.00 e. The van der Waals surface area contributed by atoms with Gasteiger partial charge in [0.15, 0.2) is 0 Å². The summed E-state index contributed by atoms with van der Waals surface area (Å²) in [5.74, 6) is -1.87. The summed E-state index contributed by atoms with van der Waals surface area (Å²) >= 11 is 0. The molecule has 0 unspecified atom stereocenters. The van der Waals surface area contributed by atoms with Crippen LogP contribution in [0.15, 0.2) is 24.8 Å². The Morgan fingerprint density at radius 3 is 2.50 bits per heavy atom. The molecule has 0 heterocycles. The number of aliphatic carboxylic acids is 1. The largest absolute Gasteiger partial charge is 2.00 e. The monoisotopic (exact) mass is 198 g/mol. The molecule has 0 spiro atoms. The van der Waals surface area contributed by atoms with E-state index in [0.717, 1.165) is 6.08 Å². The summed E-state index contributed by atoms with van der Waals surface area (Å²) < 4.78 is 4.43. The van der Waals surface area contributed by atoms with Gasteiger partial charge in [-0.05, 0) is 0 Å². The van der Waals surface area contributed by atoms with Crippen molar-refractivity contribution < 1.29 is 22.3 Å². The molecule has 12 heavy (non-hydrogen) atoms. The smallest absolute Gasteiger partial charge is 1.00 e. The van der Waals surface area contributed by atoms with E-state index in [1.54, 1.807) is 0 Å². The Morgan fingerprint density at radius 2 is 2.08 bits per heavy atom. The number of carboxylic acids is 1. The van der Waals surface area contributed by atoms with Gasteiger partial charge >= 0.3 is 49.7 Å². The molecule has 0 aromatic carbocycles. The second-order valence-electron chi connectivity index (χ2n) is 1.59. The van der Waals surface area contributed by atoms with Gasteiger partial charge in [0, 0.05) is 12.2 Å². The van der Waals surface area contributed by atoms with Gasteiger partial charge in [0.05, 0.1) is 0 Å². The molecule has 0 aliphatic heterocycles. The molecule has 0 amide bonds. The average Bonchev–Trinajstić information content (AvgIpc) is 1.97. The van der Waals surface area contributed by atoms with Crippen LogP contribution < -0.4 is 0 Å². The van der Waals surface area contributed by atoms with E-state index in [1.165, 1.54) is 6.08 Å². The van der Waals surface area contributed by atoms with E-state index in [9.17, 15) is 9.59 Å². The van der Waals surface area contributed by atoms with E-state index < -0.39 is 11.9 Å². The standard InChI is InChI=1S/C7H8O4.Ca.2H/c1-2-5-11-7(10)4-3-6(8)9;;;/h2-4H,1,5H2,(H,8,9);;;/q;+2;2*-1/b4-3+;;;. The molecule has 0 saturated heterocycles. The number of carbonyl (C=O) groups excluding carboxylic acids is 1. The fourth-order valence-electron chi connectivity index (χ4n) is 0.329. The van der Waals surface area contributed by atoms with Crippen molar-refractivity contribution >= 4 is 49.7 Å². The van der Waals surface area contributed by atoms with E-state index in [1.807, 2.05) is 0 Å². The second kappa shape index (κ2) is 8.77. The normalized spacial score (nSPS) is 8.67. The van der Waals surface area contributed by atoms with Crippen molar-refractivity contribution in [3.63, 3.8) is 0 Å². The van der Waals surface area contributed by atoms with Crippen LogP contribution in [0.2, 0.25) is 0 Å². The first kappa shape index (κ1) is 14.2. The third-order valence-electron chi connectivity index (χ3n) is 0.705. The molecule has 5 heteroatoms. The van der Waals surface area contributed by atoms with Gasteiger partial charge in [-0.25, -0.2) is 9.59 Å². The average molecular weight is 198 g/mol. The van der Waals surface area contributed by atoms with Gasteiger partial charge in [-0.2, -0.15) is 0 Å². The molecule has 0 atom stereocenters. The zero-order chi connectivity index (χ0) is 8.69. The van der Waals surface area contributed by atoms with Gasteiger partial charge in [0.2, 0.25) is 0 Å². The quantitative estimate of drug-likeness (QED) is 0.303. The third kappa shape index (κ3) is 9.68. The van der Waals surface area contributed by atoms with E-state index >= 15 is 0 Å². The summed E-state index contributed by atoms with van der Waals surface area (Å²) in [6.45, 7) is 3.40. The Labute approximate surface area is 103 Å². The van der Waals surface area contributed by atoms with Gasteiger partial charge < -0.3 is 12.7 Å². The first-order chi connectivity index (χ1) is 5.16. The molecule has 64 valence electrons. The molecule has 0 aliphatic carbocycles. The summed E-state index contributed by atoms with van der Waals surface area (Å²) in [6, 6.07) is 0. The van der Waals surface area contributed by atoms with Crippen molar-refractivity contribution in [2.75, 3.05) is 6.61 Å². The molecule has 0 fully saturated rings. The summed E-state index contributed by atoms with van der Waals surface area (Å²) in [7, 11) is 0. The number of esters is 1. The van der Waals surface area contributed by atoms with Crippen LogP contribution in [-0.4, -0.2) is 61.4 Å². The van der Waals surface area contributed by atoms with Crippen LogP contribution in [0.5, 0.6) is 0 Å². The number of rotatable bonds is 4. The van der Waals surface area contributed by atoms with Crippen LogP contribution in [0.25, 0.3) is 0 Å². The van der Waals surface area contributed by atoms with Crippen molar-refractivity contribution in [3.05, 3.63) is 24.8 Å². The molecule has 1 N–H and O–H groups in total. The van der Waals surface area contributed by atoms with Crippen molar-refractivity contribution in [2.45, 2.75) is 0 Å². The van der Waals surface area contributed by atoms with Gasteiger partial charge in [-0.1, -0.05) is 12.7 Å². The van der Waals surface area contributed by atoms with Gasteiger partial charge in [-0.3, -0.25) is 0 Å². The maximum atomic E-state index is 10.5. The van der Waals surface area contributed by atoms with Crippen LogP contribution in [0.4, 0.5) is 0 Å². The van der Waals surface area contributed by atoms with Crippen molar-refractivity contribution in [3.8, 4) is 0 Å². The van der Waals surface area contributed by atoms with Gasteiger partial charge in [0.25, 0.3) is 0 Å². The van der Waals surface area contributed by atoms with Gasteiger partial charge in [0.1, 0.15) is 6.61 Å². The summed E-state index contributed by atoms with van der Waals surface area (Å²) in [5.41, 5.74) is 0. The molecule has 0 aliphatic rings. The Bertz CT molecular complexity index is 206. The second-order valence-corrected chi connectivity index (χ2v) is 1.59. The fourth-order valence-corrected chi connectivity index (χ4v) is 0.329. The maximum absolute atomic E-state index is 10.5. The molecule has 0 saturated carbocycles. The zero-order valence-corrected chi connectivity index (χ0v) is 8.73. The molecule has 0 rings (SSSR count). The first-order valence-corrected chi connectivity index (χ1v) is 2.85. The number of carbonyl (C=O) groups is 2. The van der Waals surface area contributed by atoms with Gasteiger partial charge in [-0.15, -0.1) is 0 Å². The number of carboxylic acid groups (broad SMARTS) is 1.